The average Bonchev–Trinajstić information content (AvgIpc) is 3.17. The minimum Gasteiger partial charge on any atom is -0.483 e. The van der Waals surface area contributed by atoms with Crippen LogP contribution in [0.4, 0.5) is 0 Å². The SMILES string of the molecule is C[C@H](Oc1ccccc1)c1nn2c(C3CCCCC3)nnc2s1. The molecule has 120 valence electrons. The molecular formula is C17H20N4OS. The van der Waals surface area contributed by atoms with Crippen LogP contribution in [0.2, 0.25) is 0 Å². The van der Waals surface area contributed by atoms with Crippen molar-refractivity contribution in [3.63, 3.8) is 0 Å². The maximum atomic E-state index is 5.97. The lowest BCUT2D eigenvalue weighted by Crippen LogP contribution is -2.10. The number of ether oxygens (including phenoxy) is 1. The van der Waals surface area contributed by atoms with Crippen LogP contribution in [0.1, 0.15) is 61.9 Å². The van der Waals surface area contributed by atoms with Crippen LogP contribution < -0.4 is 4.74 Å². The quantitative estimate of drug-likeness (QED) is 0.713. The van der Waals surface area contributed by atoms with Crippen LogP contribution in [0, 0.1) is 0 Å². The first-order valence-corrected chi connectivity index (χ1v) is 9.06. The number of para-hydroxylation sites is 1. The molecule has 6 heteroatoms. The largest absolute Gasteiger partial charge is 0.483 e. The second-order valence-corrected chi connectivity index (χ2v) is 7.09. The van der Waals surface area contributed by atoms with Crippen LogP contribution in [0.25, 0.3) is 4.96 Å². The molecule has 1 aromatic carbocycles. The van der Waals surface area contributed by atoms with E-state index in [0.717, 1.165) is 21.5 Å². The fraction of sp³-hybridized carbons (Fsp3) is 0.471. The number of nitrogens with zero attached hydrogens (tertiary/aromatic N) is 4. The second-order valence-electron chi connectivity index (χ2n) is 6.10. The van der Waals surface area contributed by atoms with Crippen molar-refractivity contribution in [1.82, 2.24) is 19.8 Å². The van der Waals surface area contributed by atoms with Crippen molar-refractivity contribution in [2.24, 2.45) is 0 Å². The van der Waals surface area contributed by atoms with Crippen molar-refractivity contribution >= 4 is 16.3 Å². The molecule has 0 unspecified atom stereocenters. The zero-order valence-electron chi connectivity index (χ0n) is 13.2. The zero-order chi connectivity index (χ0) is 15.6. The van der Waals surface area contributed by atoms with E-state index in [0.29, 0.717) is 5.92 Å². The van der Waals surface area contributed by atoms with E-state index in [4.69, 9.17) is 9.84 Å². The predicted octanol–water partition coefficient (Wildman–Crippen LogP) is 4.37. The molecular weight excluding hydrogens is 308 g/mol. The van der Waals surface area contributed by atoms with E-state index in [-0.39, 0.29) is 6.10 Å². The van der Waals surface area contributed by atoms with Crippen molar-refractivity contribution in [2.75, 3.05) is 0 Å². The maximum Gasteiger partial charge on any atom is 0.234 e. The smallest absolute Gasteiger partial charge is 0.234 e. The summed E-state index contributed by atoms with van der Waals surface area (Å²) in [5.41, 5.74) is 0. The van der Waals surface area contributed by atoms with Crippen LogP contribution in [-0.2, 0) is 0 Å². The predicted molar refractivity (Wildman–Crippen MR) is 90.0 cm³/mol. The number of benzene rings is 1. The Kier molecular flexibility index (Phi) is 3.99. The van der Waals surface area contributed by atoms with Gasteiger partial charge in [-0.2, -0.15) is 9.61 Å². The van der Waals surface area contributed by atoms with Gasteiger partial charge in [0.15, 0.2) is 10.8 Å². The van der Waals surface area contributed by atoms with E-state index in [1.807, 2.05) is 41.8 Å². The van der Waals surface area contributed by atoms with E-state index in [2.05, 4.69) is 10.2 Å². The molecule has 1 aliphatic carbocycles. The molecule has 23 heavy (non-hydrogen) atoms. The topological polar surface area (TPSA) is 52.3 Å². The Bertz CT molecular complexity index is 776. The second kappa shape index (κ2) is 6.28. The third-order valence-corrected chi connectivity index (χ3v) is 5.46. The first-order valence-electron chi connectivity index (χ1n) is 8.25. The molecule has 0 saturated heterocycles. The lowest BCUT2D eigenvalue weighted by molar-refractivity contribution is 0.225. The van der Waals surface area contributed by atoms with Crippen molar-refractivity contribution < 1.29 is 4.74 Å². The summed E-state index contributed by atoms with van der Waals surface area (Å²) in [5.74, 6) is 2.38. The summed E-state index contributed by atoms with van der Waals surface area (Å²) in [5, 5.41) is 14.4. The van der Waals surface area contributed by atoms with Crippen LogP contribution in [-0.4, -0.2) is 19.8 Å². The van der Waals surface area contributed by atoms with Crippen LogP contribution in [0.15, 0.2) is 30.3 Å². The van der Waals surface area contributed by atoms with E-state index >= 15 is 0 Å². The Morgan fingerprint density at radius 1 is 1.13 bits per heavy atom. The number of hydrogen-bond donors (Lipinski definition) is 0. The highest BCUT2D eigenvalue weighted by molar-refractivity contribution is 7.16. The summed E-state index contributed by atoms with van der Waals surface area (Å²) >= 11 is 1.56. The lowest BCUT2D eigenvalue weighted by Gasteiger charge is -2.18. The van der Waals surface area contributed by atoms with Gasteiger partial charge in [-0.3, -0.25) is 0 Å². The van der Waals surface area contributed by atoms with Gasteiger partial charge in [0.1, 0.15) is 11.9 Å². The fourth-order valence-corrected chi connectivity index (χ4v) is 4.01. The van der Waals surface area contributed by atoms with Crippen LogP contribution in [0.5, 0.6) is 5.75 Å². The average molecular weight is 328 g/mol. The Morgan fingerprint density at radius 3 is 2.70 bits per heavy atom. The molecule has 0 aliphatic heterocycles. The van der Waals surface area contributed by atoms with E-state index < -0.39 is 0 Å². The lowest BCUT2D eigenvalue weighted by atomic mass is 9.89. The molecule has 4 rings (SSSR count). The first-order chi connectivity index (χ1) is 11.3. The molecule has 2 aromatic heterocycles. The number of rotatable bonds is 4. The third kappa shape index (κ3) is 2.95. The van der Waals surface area contributed by atoms with Crippen molar-refractivity contribution in [1.29, 1.82) is 0 Å². The van der Waals surface area contributed by atoms with Gasteiger partial charge in [0.05, 0.1) is 0 Å². The molecule has 1 atom stereocenters. The standard InChI is InChI=1S/C17H20N4OS/c1-12(22-14-10-6-3-7-11-14)16-20-21-15(18-19-17(21)23-16)13-8-4-2-5-9-13/h3,6-7,10-13H,2,4-5,8-9H2,1H3/t12-/m0/s1. The van der Waals surface area contributed by atoms with Gasteiger partial charge in [0, 0.05) is 5.92 Å². The van der Waals surface area contributed by atoms with Gasteiger partial charge in [0.25, 0.3) is 0 Å². The van der Waals surface area contributed by atoms with Gasteiger partial charge < -0.3 is 4.74 Å². The molecule has 0 spiro atoms. The fourth-order valence-electron chi connectivity index (χ4n) is 3.18. The normalized spacial score (nSPS) is 17.4. The Balaban J connectivity index is 1.57. The van der Waals surface area contributed by atoms with Gasteiger partial charge in [0.2, 0.25) is 4.96 Å². The molecule has 1 saturated carbocycles. The molecule has 1 aliphatic rings. The van der Waals surface area contributed by atoms with Gasteiger partial charge >= 0.3 is 0 Å². The minimum atomic E-state index is -0.0942. The zero-order valence-corrected chi connectivity index (χ0v) is 14.0. The maximum absolute atomic E-state index is 5.97. The monoisotopic (exact) mass is 328 g/mol. The van der Waals surface area contributed by atoms with Gasteiger partial charge in [-0.05, 0) is 31.9 Å². The molecule has 0 radical (unpaired) electrons. The molecule has 5 nitrogen and oxygen atoms in total. The van der Waals surface area contributed by atoms with Crippen molar-refractivity contribution in [2.45, 2.75) is 51.0 Å². The molecule has 2 heterocycles. The minimum absolute atomic E-state index is 0.0942. The highest BCUT2D eigenvalue weighted by Gasteiger charge is 2.24. The Labute approximate surface area is 139 Å². The molecule has 3 aromatic rings. The Morgan fingerprint density at radius 2 is 1.91 bits per heavy atom. The molecule has 0 bridgehead atoms. The van der Waals surface area contributed by atoms with E-state index in [1.54, 1.807) is 11.3 Å². The van der Waals surface area contributed by atoms with E-state index in [9.17, 15) is 0 Å². The van der Waals surface area contributed by atoms with Crippen LogP contribution in [0.3, 0.4) is 0 Å². The van der Waals surface area contributed by atoms with Crippen molar-refractivity contribution in [3.8, 4) is 5.75 Å². The summed E-state index contributed by atoms with van der Waals surface area (Å²) in [6.07, 6.45) is 6.20. The van der Waals surface area contributed by atoms with Crippen molar-refractivity contribution in [3.05, 3.63) is 41.2 Å². The summed E-state index contributed by atoms with van der Waals surface area (Å²) in [6.45, 7) is 2.03. The summed E-state index contributed by atoms with van der Waals surface area (Å²) < 4.78 is 7.90. The molecule has 1 fully saturated rings. The Hall–Kier alpha value is -1.95. The highest BCUT2D eigenvalue weighted by Crippen LogP contribution is 2.33. The summed E-state index contributed by atoms with van der Waals surface area (Å²) in [6, 6.07) is 9.86. The highest BCUT2D eigenvalue weighted by atomic mass is 32.1. The van der Waals surface area contributed by atoms with Gasteiger partial charge in [-0.15, -0.1) is 10.2 Å². The summed E-state index contributed by atoms with van der Waals surface area (Å²) in [4.78, 5) is 0.865. The number of aromatic nitrogens is 4. The number of fused-ring (bicyclic) bond motifs is 1. The van der Waals surface area contributed by atoms with Crippen LogP contribution >= 0.6 is 11.3 Å². The third-order valence-electron chi connectivity index (χ3n) is 4.40. The van der Waals surface area contributed by atoms with Gasteiger partial charge in [-0.1, -0.05) is 48.8 Å². The van der Waals surface area contributed by atoms with Gasteiger partial charge in [-0.25, -0.2) is 0 Å². The van der Waals surface area contributed by atoms with E-state index in [1.165, 1.54) is 32.1 Å². The molecule has 0 N–H and O–H groups in total. The summed E-state index contributed by atoms with van der Waals surface area (Å²) in [7, 11) is 0. The molecule has 0 amide bonds. The number of hydrogen-bond acceptors (Lipinski definition) is 5. The first kappa shape index (κ1) is 14.6.